The summed E-state index contributed by atoms with van der Waals surface area (Å²) >= 11 is 0. The average molecular weight is 282 g/mol. The Morgan fingerprint density at radius 2 is 1.55 bits per heavy atom. The van der Waals surface area contributed by atoms with Gasteiger partial charge in [0.2, 0.25) is 0 Å². The molecule has 0 aliphatic carbocycles. The molecule has 0 aliphatic rings. The summed E-state index contributed by atoms with van der Waals surface area (Å²) in [4.78, 5) is 22.5. The molecule has 2 atom stereocenters. The van der Waals surface area contributed by atoms with Crippen molar-refractivity contribution >= 4 is 11.9 Å². The Hall–Kier alpha value is -1.92. The molecule has 0 heterocycles. The minimum Gasteiger partial charge on any atom is -0.478 e. The lowest BCUT2D eigenvalue weighted by Crippen LogP contribution is -2.19. The maximum absolute atomic E-state index is 11.4. The van der Waals surface area contributed by atoms with Crippen LogP contribution in [0.25, 0.3) is 0 Å². The van der Waals surface area contributed by atoms with Crippen LogP contribution in [-0.4, -0.2) is 44.6 Å². The van der Waals surface area contributed by atoms with E-state index in [0.717, 1.165) is 0 Å². The van der Waals surface area contributed by atoms with E-state index in [1.165, 1.54) is 19.1 Å². The highest BCUT2D eigenvalue weighted by Crippen LogP contribution is 2.23. The van der Waals surface area contributed by atoms with Crippen LogP contribution >= 0.6 is 0 Å². The van der Waals surface area contributed by atoms with Crippen LogP contribution in [0.4, 0.5) is 0 Å². The predicted octanol–water partition coefficient (Wildman–Crippen LogP) is 0.930. The van der Waals surface area contributed by atoms with E-state index in [0.29, 0.717) is 5.56 Å². The first kappa shape index (κ1) is 16.1. The second kappa shape index (κ2) is 6.49. The number of rotatable bonds is 6. The molecule has 0 aromatic heterocycles. The van der Waals surface area contributed by atoms with Gasteiger partial charge in [0, 0.05) is 0 Å². The number of aromatic carboxylic acids is 2. The Kier molecular flexibility index (Phi) is 5.24. The van der Waals surface area contributed by atoms with Crippen molar-refractivity contribution in [1.82, 2.24) is 0 Å². The number of hydrogen-bond donors (Lipinski definition) is 4. The third-order valence-electron chi connectivity index (χ3n) is 2.87. The van der Waals surface area contributed by atoms with Crippen molar-refractivity contribution in [3.05, 3.63) is 34.4 Å². The van der Waals surface area contributed by atoms with Gasteiger partial charge in [-0.2, -0.15) is 0 Å². The van der Waals surface area contributed by atoms with Crippen LogP contribution in [0.2, 0.25) is 0 Å². The van der Waals surface area contributed by atoms with Crippen molar-refractivity contribution in [3.8, 4) is 0 Å². The Balaban J connectivity index is 3.52. The molecule has 0 saturated heterocycles. The predicted molar refractivity (Wildman–Crippen MR) is 71.1 cm³/mol. The van der Waals surface area contributed by atoms with Gasteiger partial charge in [-0.15, -0.1) is 0 Å². The summed E-state index contributed by atoms with van der Waals surface area (Å²) in [5.41, 5.74) is 0.149. The van der Waals surface area contributed by atoms with Crippen LogP contribution in [0, 0.1) is 0 Å². The lowest BCUT2D eigenvalue weighted by atomic mass is 9.90. The summed E-state index contributed by atoms with van der Waals surface area (Å²) in [5, 5.41) is 37.3. The van der Waals surface area contributed by atoms with E-state index in [9.17, 15) is 24.9 Å². The lowest BCUT2D eigenvalue weighted by molar-refractivity contribution is 0.0649. The van der Waals surface area contributed by atoms with Gasteiger partial charge in [0.05, 0.1) is 23.3 Å². The summed E-state index contributed by atoms with van der Waals surface area (Å²) in [6.07, 6.45) is -1.29. The number of hydrogen-bond acceptors (Lipinski definition) is 4. The normalized spacial score (nSPS) is 13.8. The summed E-state index contributed by atoms with van der Waals surface area (Å²) in [6.45, 7) is 3.04. The molecule has 1 aromatic rings. The number of benzene rings is 1. The van der Waals surface area contributed by atoms with Gasteiger partial charge in [-0.05, 0) is 43.9 Å². The maximum Gasteiger partial charge on any atom is 0.336 e. The first-order chi connectivity index (χ1) is 9.23. The van der Waals surface area contributed by atoms with Crippen LogP contribution in [0.3, 0.4) is 0 Å². The fourth-order valence-corrected chi connectivity index (χ4v) is 2.15. The van der Waals surface area contributed by atoms with Crippen molar-refractivity contribution < 1.29 is 30.0 Å². The molecule has 0 fully saturated rings. The lowest BCUT2D eigenvalue weighted by Gasteiger charge is -2.17. The third-order valence-corrected chi connectivity index (χ3v) is 2.87. The maximum atomic E-state index is 11.4. The average Bonchev–Trinajstić information content (AvgIpc) is 2.28. The molecule has 4 N–H and O–H groups in total. The van der Waals surface area contributed by atoms with Crippen molar-refractivity contribution in [2.45, 2.75) is 38.9 Å². The summed E-state index contributed by atoms with van der Waals surface area (Å²) < 4.78 is 0. The molecule has 0 spiro atoms. The SMILES string of the molecule is CC(O)Cc1ccc(C(=O)O)c(C(=O)O)c1CC(C)O. The van der Waals surface area contributed by atoms with Crippen molar-refractivity contribution in [1.29, 1.82) is 0 Å². The second-order valence-corrected chi connectivity index (χ2v) is 4.84. The van der Waals surface area contributed by atoms with Gasteiger partial charge < -0.3 is 20.4 Å². The van der Waals surface area contributed by atoms with Gasteiger partial charge in [-0.25, -0.2) is 9.59 Å². The number of aliphatic hydroxyl groups is 2. The zero-order chi connectivity index (χ0) is 15.4. The standard InChI is InChI=1S/C14H18O6/c1-7(15)5-9-3-4-10(13(17)18)12(14(19)20)11(9)6-8(2)16/h3-4,7-8,15-16H,5-6H2,1-2H3,(H,17,18)(H,19,20). The van der Waals surface area contributed by atoms with E-state index in [4.69, 9.17) is 5.11 Å². The molecular formula is C14H18O6. The topological polar surface area (TPSA) is 115 Å². The third kappa shape index (κ3) is 3.79. The van der Waals surface area contributed by atoms with Crippen LogP contribution in [-0.2, 0) is 12.8 Å². The zero-order valence-corrected chi connectivity index (χ0v) is 11.3. The summed E-state index contributed by atoms with van der Waals surface area (Å²) in [6, 6.07) is 2.70. The largest absolute Gasteiger partial charge is 0.478 e. The minimum atomic E-state index is -1.36. The number of carbonyl (C=O) groups is 2. The van der Waals surface area contributed by atoms with Gasteiger partial charge in [-0.1, -0.05) is 6.07 Å². The van der Waals surface area contributed by atoms with Gasteiger partial charge in [0.25, 0.3) is 0 Å². The Labute approximate surface area is 116 Å². The monoisotopic (exact) mass is 282 g/mol. The van der Waals surface area contributed by atoms with Crippen molar-refractivity contribution in [2.24, 2.45) is 0 Å². The molecule has 20 heavy (non-hydrogen) atoms. The molecular weight excluding hydrogens is 264 g/mol. The molecule has 0 aliphatic heterocycles. The number of carboxylic acid groups (broad SMARTS) is 2. The smallest absolute Gasteiger partial charge is 0.336 e. The molecule has 0 amide bonds. The molecule has 1 rings (SSSR count). The molecule has 0 radical (unpaired) electrons. The van der Waals surface area contributed by atoms with Crippen LogP contribution in [0.1, 0.15) is 45.7 Å². The van der Waals surface area contributed by atoms with E-state index in [2.05, 4.69) is 0 Å². The fraction of sp³-hybridized carbons (Fsp3) is 0.429. The van der Waals surface area contributed by atoms with E-state index >= 15 is 0 Å². The molecule has 0 bridgehead atoms. The Morgan fingerprint density at radius 3 is 1.95 bits per heavy atom. The highest BCUT2D eigenvalue weighted by molar-refractivity contribution is 6.03. The molecule has 0 saturated carbocycles. The van der Waals surface area contributed by atoms with Gasteiger partial charge >= 0.3 is 11.9 Å². The second-order valence-electron chi connectivity index (χ2n) is 4.84. The van der Waals surface area contributed by atoms with Crippen LogP contribution in [0.15, 0.2) is 12.1 Å². The molecule has 2 unspecified atom stereocenters. The highest BCUT2D eigenvalue weighted by atomic mass is 16.4. The van der Waals surface area contributed by atoms with Gasteiger partial charge in [0.1, 0.15) is 0 Å². The molecule has 6 heteroatoms. The molecule has 1 aromatic carbocycles. The van der Waals surface area contributed by atoms with Gasteiger partial charge in [-0.3, -0.25) is 0 Å². The fourth-order valence-electron chi connectivity index (χ4n) is 2.15. The van der Waals surface area contributed by atoms with E-state index in [1.54, 1.807) is 6.92 Å². The number of carboxylic acids is 2. The Morgan fingerprint density at radius 1 is 1.00 bits per heavy atom. The first-order valence-electron chi connectivity index (χ1n) is 6.21. The van der Waals surface area contributed by atoms with Crippen molar-refractivity contribution in [3.63, 3.8) is 0 Å². The zero-order valence-electron chi connectivity index (χ0n) is 11.3. The first-order valence-corrected chi connectivity index (χ1v) is 6.21. The van der Waals surface area contributed by atoms with E-state index < -0.39 is 24.1 Å². The van der Waals surface area contributed by atoms with Crippen molar-refractivity contribution in [2.75, 3.05) is 0 Å². The number of aliphatic hydroxyl groups excluding tert-OH is 2. The van der Waals surface area contributed by atoms with Gasteiger partial charge in [0.15, 0.2) is 0 Å². The molecule has 6 nitrogen and oxygen atoms in total. The highest BCUT2D eigenvalue weighted by Gasteiger charge is 2.23. The van der Waals surface area contributed by atoms with E-state index in [-0.39, 0.29) is 29.5 Å². The van der Waals surface area contributed by atoms with E-state index in [1.807, 2.05) is 0 Å². The minimum absolute atomic E-state index is 0.0187. The Bertz CT molecular complexity index is 519. The quantitative estimate of drug-likeness (QED) is 0.617. The van der Waals surface area contributed by atoms with Crippen LogP contribution < -0.4 is 0 Å². The molecule has 110 valence electrons. The summed E-state index contributed by atoms with van der Waals surface area (Å²) in [5.74, 6) is -2.69. The summed E-state index contributed by atoms with van der Waals surface area (Å²) in [7, 11) is 0. The van der Waals surface area contributed by atoms with Crippen LogP contribution in [0.5, 0.6) is 0 Å².